The molecule has 5 heteroatoms. The van der Waals surface area contributed by atoms with E-state index in [2.05, 4.69) is 10.3 Å². The zero-order chi connectivity index (χ0) is 10.8. The highest BCUT2D eigenvalue weighted by Gasteiger charge is 2.33. The summed E-state index contributed by atoms with van der Waals surface area (Å²) in [6.07, 6.45) is 1.95. The van der Waals surface area contributed by atoms with Crippen LogP contribution in [0.1, 0.15) is 19.5 Å². The molecule has 0 aromatic carbocycles. The molecule has 14 heavy (non-hydrogen) atoms. The van der Waals surface area contributed by atoms with Crippen LogP contribution in [0.2, 0.25) is 0 Å². The van der Waals surface area contributed by atoms with Crippen molar-refractivity contribution in [3.8, 4) is 0 Å². The molecular formula is C9H17FN4. The smallest absolute Gasteiger partial charge is 0.131 e. The van der Waals surface area contributed by atoms with Crippen molar-refractivity contribution in [1.82, 2.24) is 15.0 Å². The van der Waals surface area contributed by atoms with E-state index in [-0.39, 0.29) is 18.9 Å². The molecule has 0 spiro atoms. The van der Waals surface area contributed by atoms with E-state index in [1.807, 2.05) is 13.8 Å². The van der Waals surface area contributed by atoms with Gasteiger partial charge in [0.1, 0.15) is 5.67 Å². The average Bonchev–Trinajstić information content (AvgIpc) is 2.50. The molecule has 1 aromatic heterocycles. The van der Waals surface area contributed by atoms with Gasteiger partial charge in [-0.25, -0.2) is 4.39 Å². The molecule has 1 unspecified atom stereocenters. The Morgan fingerprint density at radius 2 is 2.29 bits per heavy atom. The fourth-order valence-electron chi connectivity index (χ4n) is 1.29. The first-order valence-electron chi connectivity index (χ1n) is 4.72. The van der Waals surface area contributed by atoms with E-state index in [4.69, 9.17) is 5.73 Å². The normalized spacial score (nSPS) is 15.9. The summed E-state index contributed by atoms with van der Waals surface area (Å²) in [6, 6.07) is 0. The Balaban J connectivity index is 2.75. The molecule has 1 rings (SSSR count). The first-order valence-corrected chi connectivity index (χ1v) is 4.72. The Morgan fingerprint density at radius 3 is 2.64 bits per heavy atom. The number of nitrogens with zero attached hydrogens (tertiary/aromatic N) is 3. The minimum Gasteiger partial charge on any atom is -0.328 e. The number of rotatable bonds is 4. The molecule has 0 bridgehead atoms. The average molecular weight is 200 g/mol. The van der Waals surface area contributed by atoms with Gasteiger partial charge in [-0.05, 0) is 5.92 Å². The molecule has 0 saturated heterocycles. The SMILES string of the molecule is CC(C)C(F)(CN)Cc1cn(C)nn1. The van der Waals surface area contributed by atoms with Crippen LogP contribution < -0.4 is 5.73 Å². The number of aromatic nitrogens is 3. The van der Waals surface area contributed by atoms with Crippen LogP contribution in [0.5, 0.6) is 0 Å². The van der Waals surface area contributed by atoms with E-state index in [1.165, 1.54) is 0 Å². The van der Waals surface area contributed by atoms with E-state index in [0.717, 1.165) is 0 Å². The third-order valence-corrected chi connectivity index (χ3v) is 2.50. The van der Waals surface area contributed by atoms with Gasteiger partial charge in [0.2, 0.25) is 0 Å². The van der Waals surface area contributed by atoms with E-state index < -0.39 is 5.67 Å². The Bertz CT molecular complexity index is 297. The molecule has 4 nitrogen and oxygen atoms in total. The summed E-state index contributed by atoms with van der Waals surface area (Å²) in [5.41, 5.74) is 4.70. The van der Waals surface area contributed by atoms with Crippen LogP contribution >= 0.6 is 0 Å². The molecule has 0 fully saturated rings. The van der Waals surface area contributed by atoms with Crippen LogP contribution in [0.4, 0.5) is 4.39 Å². The van der Waals surface area contributed by atoms with Gasteiger partial charge in [-0.2, -0.15) is 0 Å². The Labute approximate surface area is 83.3 Å². The lowest BCUT2D eigenvalue weighted by molar-refractivity contribution is 0.109. The second-order valence-electron chi connectivity index (χ2n) is 3.95. The van der Waals surface area contributed by atoms with Gasteiger partial charge in [0, 0.05) is 26.2 Å². The molecule has 0 amide bonds. The molecule has 80 valence electrons. The highest BCUT2D eigenvalue weighted by Crippen LogP contribution is 2.24. The summed E-state index contributed by atoms with van der Waals surface area (Å²) in [5.74, 6) is -0.116. The van der Waals surface area contributed by atoms with Crippen molar-refractivity contribution in [2.75, 3.05) is 6.54 Å². The largest absolute Gasteiger partial charge is 0.328 e. The first-order chi connectivity index (χ1) is 6.48. The second-order valence-corrected chi connectivity index (χ2v) is 3.95. The second kappa shape index (κ2) is 4.04. The van der Waals surface area contributed by atoms with Gasteiger partial charge in [-0.1, -0.05) is 19.1 Å². The number of alkyl halides is 1. The Hall–Kier alpha value is -0.970. The first kappa shape index (κ1) is 11.1. The van der Waals surface area contributed by atoms with Gasteiger partial charge >= 0.3 is 0 Å². The fraction of sp³-hybridized carbons (Fsp3) is 0.778. The van der Waals surface area contributed by atoms with E-state index in [1.54, 1.807) is 17.9 Å². The predicted molar refractivity (Wildman–Crippen MR) is 52.4 cm³/mol. The Kier molecular flexibility index (Phi) is 3.21. The van der Waals surface area contributed by atoms with E-state index in [9.17, 15) is 4.39 Å². The number of aryl methyl sites for hydroxylation is 1. The van der Waals surface area contributed by atoms with Crippen LogP contribution in [0, 0.1) is 5.92 Å². The van der Waals surface area contributed by atoms with Crippen molar-refractivity contribution in [3.63, 3.8) is 0 Å². The van der Waals surface area contributed by atoms with Crippen LogP contribution in [-0.2, 0) is 13.5 Å². The molecule has 1 heterocycles. The topological polar surface area (TPSA) is 56.7 Å². The molecule has 0 saturated carbocycles. The van der Waals surface area contributed by atoms with Gasteiger partial charge < -0.3 is 5.73 Å². The van der Waals surface area contributed by atoms with Crippen LogP contribution in [-0.4, -0.2) is 27.2 Å². The fourth-order valence-corrected chi connectivity index (χ4v) is 1.29. The maximum atomic E-state index is 14.1. The van der Waals surface area contributed by atoms with Gasteiger partial charge in [0.05, 0.1) is 5.69 Å². The summed E-state index contributed by atoms with van der Waals surface area (Å²) in [6.45, 7) is 3.66. The van der Waals surface area contributed by atoms with Crippen LogP contribution in [0.3, 0.4) is 0 Å². The molecule has 1 aromatic rings. The summed E-state index contributed by atoms with van der Waals surface area (Å²) in [4.78, 5) is 0. The monoisotopic (exact) mass is 200 g/mol. The highest BCUT2D eigenvalue weighted by molar-refractivity contribution is 5.01. The number of nitrogens with two attached hydrogens (primary N) is 1. The Morgan fingerprint density at radius 1 is 1.64 bits per heavy atom. The molecule has 0 radical (unpaired) electrons. The third-order valence-electron chi connectivity index (χ3n) is 2.50. The summed E-state index contributed by atoms with van der Waals surface area (Å²) < 4.78 is 15.7. The number of hydrogen-bond acceptors (Lipinski definition) is 3. The van der Waals surface area contributed by atoms with E-state index >= 15 is 0 Å². The zero-order valence-electron chi connectivity index (χ0n) is 8.87. The number of halogens is 1. The van der Waals surface area contributed by atoms with Gasteiger partial charge in [-0.15, -0.1) is 5.10 Å². The molecule has 2 N–H and O–H groups in total. The van der Waals surface area contributed by atoms with Gasteiger partial charge in [0.25, 0.3) is 0 Å². The quantitative estimate of drug-likeness (QED) is 0.777. The van der Waals surface area contributed by atoms with Crippen molar-refractivity contribution < 1.29 is 4.39 Å². The van der Waals surface area contributed by atoms with E-state index in [0.29, 0.717) is 5.69 Å². The van der Waals surface area contributed by atoms with Crippen molar-refractivity contribution in [2.45, 2.75) is 25.9 Å². The van der Waals surface area contributed by atoms with Gasteiger partial charge in [-0.3, -0.25) is 4.68 Å². The summed E-state index contributed by atoms with van der Waals surface area (Å²) in [7, 11) is 1.76. The number of hydrogen-bond donors (Lipinski definition) is 1. The lowest BCUT2D eigenvalue weighted by atomic mass is 9.88. The van der Waals surface area contributed by atoms with Crippen LogP contribution in [0.15, 0.2) is 6.20 Å². The molecular weight excluding hydrogens is 183 g/mol. The summed E-state index contributed by atoms with van der Waals surface area (Å²) >= 11 is 0. The molecule has 0 aliphatic rings. The molecule has 0 aliphatic heterocycles. The third kappa shape index (κ3) is 2.29. The maximum absolute atomic E-state index is 14.1. The summed E-state index contributed by atoms with van der Waals surface area (Å²) in [5, 5.41) is 7.60. The van der Waals surface area contributed by atoms with Gasteiger partial charge in [0.15, 0.2) is 0 Å². The highest BCUT2D eigenvalue weighted by atomic mass is 19.1. The molecule has 1 atom stereocenters. The molecule has 0 aliphatic carbocycles. The van der Waals surface area contributed by atoms with Crippen molar-refractivity contribution in [1.29, 1.82) is 0 Å². The minimum absolute atomic E-state index is 0.0151. The predicted octanol–water partition coefficient (Wildman–Crippen LogP) is 0.681. The lowest BCUT2D eigenvalue weighted by Gasteiger charge is -2.26. The van der Waals surface area contributed by atoms with Crippen molar-refractivity contribution in [3.05, 3.63) is 11.9 Å². The maximum Gasteiger partial charge on any atom is 0.131 e. The lowest BCUT2D eigenvalue weighted by Crippen LogP contribution is -2.40. The van der Waals surface area contributed by atoms with Crippen molar-refractivity contribution >= 4 is 0 Å². The zero-order valence-corrected chi connectivity index (χ0v) is 8.87. The van der Waals surface area contributed by atoms with Crippen LogP contribution in [0.25, 0.3) is 0 Å². The minimum atomic E-state index is -1.38. The van der Waals surface area contributed by atoms with Crippen molar-refractivity contribution in [2.24, 2.45) is 18.7 Å². The standard InChI is InChI=1S/C9H17FN4/c1-7(2)9(10,6-11)4-8-5-14(3)13-12-8/h5,7H,4,6,11H2,1-3H3.